The third kappa shape index (κ3) is 3.05. The Morgan fingerprint density at radius 3 is 2.91 bits per heavy atom. The number of nitrogens with zero attached hydrogens (tertiary/aromatic N) is 3. The van der Waals surface area contributed by atoms with Gasteiger partial charge in [-0.15, -0.1) is 0 Å². The zero-order valence-electron chi connectivity index (χ0n) is 13.1. The van der Waals surface area contributed by atoms with E-state index in [2.05, 4.69) is 10.3 Å². The first-order chi connectivity index (χ1) is 10.6. The van der Waals surface area contributed by atoms with Crippen LogP contribution >= 0.6 is 0 Å². The summed E-state index contributed by atoms with van der Waals surface area (Å²) < 4.78 is 0. The molecule has 1 saturated heterocycles. The summed E-state index contributed by atoms with van der Waals surface area (Å²) in [6.45, 7) is 1.01. The minimum Gasteiger partial charge on any atom is -0.362 e. The molecule has 0 bridgehead atoms. The molecule has 1 aliphatic carbocycles. The minimum absolute atomic E-state index is 0.0370. The molecule has 2 amide bonds. The number of anilines is 1. The van der Waals surface area contributed by atoms with Gasteiger partial charge >= 0.3 is 0 Å². The predicted molar refractivity (Wildman–Crippen MR) is 83.3 cm³/mol. The molecule has 1 N–H and O–H groups in total. The highest BCUT2D eigenvalue weighted by Gasteiger charge is 2.41. The van der Waals surface area contributed by atoms with Crippen molar-refractivity contribution in [2.24, 2.45) is 5.92 Å². The molecule has 1 aromatic rings. The highest BCUT2D eigenvalue weighted by atomic mass is 16.2. The summed E-state index contributed by atoms with van der Waals surface area (Å²) in [7, 11) is 3.85. The highest BCUT2D eigenvalue weighted by Crippen LogP contribution is 2.32. The molecule has 3 rings (SSSR count). The zero-order chi connectivity index (χ0) is 15.7. The lowest BCUT2D eigenvalue weighted by atomic mass is 10.1. The number of hydrogen-bond donors (Lipinski definition) is 1. The lowest BCUT2D eigenvalue weighted by molar-refractivity contribution is -0.129. The van der Waals surface area contributed by atoms with E-state index in [0.29, 0.717) is 25.6 Å². The molecule has 1 atom stereocenters. The molecule has 1 aliphatic heterocycles. The Kier molecular flexibility index (Phi) is 4.00. The molecule has 1 saturated carbocycles. The summed E-state index contributed by atoms with van der Waals surface area (Å²) in [6.07, 6.45) is 4.25. The SMILES string of the molecule is CN(C)c1ncccc1CNC(=O)C1CC(=O)N(C2CC2)C1. The molecule has 0 radical (unpaired) electrons. The number of carbonyl (C=O) groups is 2. The first-order valence-electron chi connectivity index (χ1n) is 7.74. The maximum atomic E-state index is 12.3. The van der Waals surface area contributed by atoms with Crippen molar-refractivity contribution in [3.05, 3.63) is 23.9 Å². The normalized spacial score (nSPS) is 21.1. The van der Waals surface area contributed by atoms with Gasteiger partial charge in [-0.3, -0.25) is 9.59 Å². The van der Waals surface area contributed by atoms with Gasteiger partial charge in [0.05, 0.1) is 5.92 Å². The molecule has 0 aromatic carbocycles. The second-order valence-corrected chi connectivity index (χ2v) is 6.28. The molecule has 6 nitrogen and oxygen atoms in total. The third-order valence-corrected chi connectivity index (χ3v) is 4.26. The monoisotopic (exact) mass is 302 g/mol. The summed E-state index contributed by atoms with van der Waals surface area (Å²) in [5.41, 5.74) is 0.976. The minimum atomic E-state index is -0.215. The van der Waals surface area contributed by atoms with Gasteiger partial charge in [0.1, 0.15) is 5.82 Å². The molecular weight excluding hydrogens is 280 g/mol. The number of amides is 2. The number of likely N-dealkylation sites (tertiary alicyclic amines) is 1. The number of aromatic nitrogens is 1. The van der Waals surface area contributed by atoms with Gasteiger partial charge in [0.2, 0.25) is 11.8 Å². The van der Waals surface area contributed by atoms with E-state index in [1.807, 2.05) is 36.0 Å². The van der Waals surface area contributed by atoms with Gasteiger partial charge in [-0.1, -0.05) is 6.07 Å². The average molecular weight is 302 g/mol. The molecule has 118 valence electrons. The molecule has 2 aliphatic rings. The van der Waals surface area contributed by atoms with Gasteiger partial charge in [-0.05, 0) is 18.9 Å². The zero-order valence-corrected chi connectivity index (χ0v) is 13.1. The quantitative estimate of drug-likeness (QED) is 0.873. The average Bonchev–Trinajstić information content (AvgIpc) is 3.27. The summed E-state index contributed by atoms with van der Waals surface area (Å²) in [6, 6.07) is 4.21. The van der Waals surface area contributed by atoms with Crippen molar-refractivity contribution >= 4 is 17.6 Å². The summed E-state index contributed by atoms with van der Waals surface area (Å²) in [4.78, 5) is 32.3. The Balaban J connectivity index is 1.58. The van der Waals surface area contributed by atoms with E-state index in [4.69, 9.17) is 0 Å². The number of rotatable bonds is 5. The fraction of sp³-hybridized carbons (Fsp3) is 0.562. The Hall–Kier alpha value is -2.11. The molecule has 2 heterocycles. The van der Waals surface area contributed by atoms with Gasteiger partial charge in [0, 0.05) is 51.4 Å². The van der Waals surface area contributed by atoms with E-state index in [1.54, 1.807) is 6.20 Å². The van der Waals surface area contributed by atoms with Crippen molar-refractivity contribution in [2.75, 3.05) is 25.5 Å². The van der Waals surface area contributed by atoms with Crippen LogP contribution in [0.2, 0.25) is 0 Å². The van der Waals surface area contributed by atoms with E-state index in [-0.39, 0.29) is 17.7 Å². The van der Waals surface area contributed by atoms with E-state index < -0.39 is 0 Å². The standard InChI is InChI=1S/C16H22N4O2/c1-19(2)15-11(4-3-7-17-15)9-18-16(22)12-8-14(21)20(10-12)13-5-6-13/h3-4,7,12-13H,5-6,8-10H2,1-2H3,(H,18,22). The Morgan fingerprint density at radius 1 is 1.45 bits per heavy atom. The molecule has 1 unspecified atom stereocenters. The number of hydrogen-bond acceptors (Lipinski definition) is 4. The van der Waals surface area contributed by atoms with Crippen LogP contribution in [0.1, 0.15) is 24.8 Å². The topological polar surface area (TPSA) is 65.5 Å². The van der Waals surface area contributed by atoms with E-state index in [0.717, 1.165) is 24.2 Å². The molecule has 1 aromatic heterocycles. The van der Waals surface area contributed by atoms with Crippen LogP contribution in [-0.2, 0) is 16.1 Å². The predicted octanol–water partition coefficient (Wildman–Crippen LogP) is 0.775. The fourth-order valence-corrected chi connectivity index (χ4v) is 2.94. The van der Waals surface area contributed by atoms with Gasteiger partial charge in [0.15, 0.2) is 0 Å². The Bertz CT molecular complexity index is 583. The van der Waals surface area contributed by atoms with Crippen molar-refractivity contribution in [3.8, 4) is 0 Å². The summed E-state index contributed by atoms with van der Waals surface area (Å²) in [5, 5.41) is 2.95. The van der Waals surface area contributed by atoms with Crippen LogP contribution in [-0.4, -0.2) is 48.4 Å². The van der Waals surface area contributed by atoms with Crippen LogP contribution in [0.5, 0.6) is 0 Å². The lowest BCUT2D eigenvalue weighted by Gasteiger charge is -2.17. The molecule has 22 heavy (non-hydrogen) atoms. The van der Waals surface area contributed by atoms with Crippen molar-refractivity contribution in [1.82, 2.24) is 15.2 Å². The van der Waals surface area contributed by atoms with Gasteiger partial charge in [-0.2, -0.15) is 0 Å². The van der Waals surface area contributed by atoms with E-state index in [9.17, 15) is 9.59 Å². The van der Waals surface area contributed by atoms with Crippen molar-refractivity contribution in [2.45, 2.75) is 31.8 Å². The Morgan fingerprint density at radius 2 is 2.23 bits per heavy atom. The van der Waals surface area contributed by atoms with Gasteiger partial charge in [0.25, 0.3) is 0 Å². The number of carbonyl (C=O) groups excluding carboxylic acids is 2. The van der Waals surface area contributed by atoms with Crippen molar-refractivity contribution in [3.63, 3.8) is 0 Å². The van der Waals surface area contributed by atoms with E-state index in [1.165, 1.54) is 0 Å². The van der Waals surface area contributed by atoms with Crippen LogP contribution in [0.4, 0.5) is 5.82 Å². The maximum Gasteiger partial charge on any atom is 0.225 e. The van der Waals surface area contributed by atoms with Crippen LogP contribution in [0.15, 0.2) is 18.3 Å². The number of nitrogens with one attached hydrogen (secondary N) is 1. The highest BCUT2D eigenvalue weighted by molar-refractivity contribution is 5.89. The van der Waals surface area contributed by atoms with Crippen LogP contribution in [0.25, 0.3) is 0 Å². The summed E-state index contributed by atoms with van der Waals surface area (Å²) in [5.74, 6) is 0.723. The van der Waals surface area contributed by atoms with Gasteiger partial charge < -0.3 is 15.1 Å². The molecule has 0 spiro atoms. The molecular formula is C16H22N4O2. The van der Waals surface area contributed by atoms with Crippen molar-refractivity contribution < 1.29 is 9.59 Å². The van der Waals surface area contributed by atoms with Crippen LogP contribution < -0.4 is 10.2 Å². The second kappa shape index (κ2) is 5.94. The molecule has 2 fully saturated rings. The lowest BCUT2D eigenvalue weighted by Crippen LogP contribution is -2.33. The number of pyridine rings is 1. The smallest absolute Gasteiger partial charge is 0.225 e. The van der Waals surface area contributed by atoms with E-state index >= 15 is 0 Å². The van der Waals surface area contributed by atoms with Gasteiger partial charge in [-0.25, -0.2) is 4.98 Å². The van der Waals surface area contributed by atoms with Crippen molar-refractivity contribution in [1.29, 1.82) is 0 Å². The third-order valence-electron chi connectivity index (χ3n) is 4.26. The maximum absolute atomic E-state index is 12.3. The fourth-order valence-electron chi connectivity index (χ4n) is 2.94. The summed E-state index contributed by atoms with van der Waals surface area (Å²) >= 11 is 0. The van der Waals surface area contributed by atoms with Crippen LogP contribution in [0.3, 0.4) is 0 Å². The largest absolute Gasteiger partial charge is 0.362 e. The molecule has 6 heteroatoms. The first kappa shape index (κ1) is 14.8. The van der Waals surface area contributed by atoms with Crippen LogP contribution in [0, 0.1) is 5.92 Å². The Labute approximate surface area is 130 Å². The second-order valence-electron chi connectivity index (χ2n) is 6.28. The first-order valence-corrected chi connectivity index (χ1v) is 7.74.